The summed E-state index contributed by atoms with van der Waals surface area (Å²) in [6.07, 6.45) is 3.47. The fourth-order valence-electron chi connectivity index (χ4n) is 3.42. The number of carboxylic acid groups (broad SMARTS) is 1. The van der Waals surface area contributed by atoms with Crippen molar-refractivity contribution in [3.63, 3.8) is 0 Å². The predicted molar refractivity (Wildman–Crippen MR) is 107 cm³/mol. The molecule has 3 N–H and O–H groups in total. The maximum absolute atomic E-state index is 11.1. The molecule has 0 saturated heterocycles. The molecule has 2 aromatic heterocycles. The maximum Gasteiger partial charge on any atom is 0.335 e. The number of aryl methyl sites for hydroxylation is 3. The van der Waals surface area contributed by atoms with E-state index in [-0.39, 0.29) is 0 Å². The lowest BCUT2D eigenvalue weighted by Crippen LogP contribution is -2.01. The molecule has 134 valence electrons. The van der Waals surface area contributed by atoms with E-state index in [1.807, 2.05) is 43.5 Å². The number of aromatic carboxylic acids is 1. The first kappa shape index (κ1) is 17.0. The van der Waals surface area contributed by atoms with Crippen molar-refractivity contribution in [1.29, 1.82) is 0 Å². The minimum Gasteiger partial charge on any atom is -0.478 e. The van der Waals surface area contributed by atoms with Gasteiger partial charge in [0.2, 0.25) is 0 Å². The molecule has 5 heteroatoms. The molecule has 0 aliphatic heterocycles. The van der Waals surface area contributed by atoms with E-state index in [1.54, 1.807) is 12.1 Å². The Morgan fingerprint density at radius 3 is 2.67 bits per heavy atom. The van der Waals surface area contributed by atoms with Gasteiger partial charge < -0.3 is 10.8 Å². The van der Waals surface area contributed by atoms with Gasteiger partial charge in [-0.3, -0.25) is 4.98 Å². The minimum absolute atomic E-state index is 0.318. The number of aromatic nitrogens is 2. The number of anilines is 1. The van der Waals surface area contributed by atoms with Gasteiger partial charge >= 0.3 is 5.97 Å². The van der Waals surface area contributed by atoms with Crippen LogP contribution in [-0.4, -0.2) is 21.0 Å². The van der Waals surface area contributed by atoms with Gasteiger partial charge in [0.05, 0.1) is 11.1 Å². The maximum atomic E-state index is 11.1. The summed E-state index contributed by atoms with van der Waals surface area (Å²) in [6.45, 7) is 1.94. The second-order valence-electron chi connectivity index (χ2n) is 6.70. The molecule has 0 radical (unpaired) electrons. The molecule has 5 nitrogen and oxygen atoms in total. The molecule has 0 fully saturated rings. The van der Waals surface area contributed by atoms with Crippen LogP contribution in [-0.2, 0) is 12.8 Å². The molecule has 0 amide bonds. The van der Waals surface area contributed by atoms with E-state index >= 15 is 0 Å². The van der Waals surface area contributed by atoms with Crippen molar-refractivity contribution in [2.24, 2.45) is 0 Å². The van der Waals surface area contributed by atoms with Crippen LogP contribution in [0.5, 0.6) is 0 Å². The normalized spacial score (nSPS) is 11.1. The predicted octanol–water partition coefficient (Wildman–Crippen LogP) is 4.16. The first-order chi connectivity index (χ1) is 13.0. The SMILES string of the molecule is Cc1cc(C(=O)O)ccc1CCc1cnc2c(N)nc3ccccc3c2c1. The fraction of sp³-hybridized carbons (Fsp3) is 0.136. The van der Waals surface area contributed by atoms with Crippen LogP contribution in [0.15, 0.2) is 54.7 Å². The zero-order valence-corrected chi connectivity index (χ0v) is 14.9. The molecule has 0 aliphatic carbocycles. The third kappa shape index (κ3) is 3.19. The minimum atomic E-state index is -0.901. The molecule has 4 rings (SSSR count). The van der Waals surface area contributed by atoms with Gasteiger partial charge in [0.15, 0.2) is 5.82 Å². The molecule has 0 bridgehead atoms. The van der Waals surface area contributed by atoms with Gasteiger partial charge in [-0.05, 0) is 60.7 Å². The summed E-state index contributed by atoms with van der Waals surface area (Å²) in [4.78, 5) is 20.0. The second-order valence-corrected chi connectivity index (χ2v) is 6.70. The summed E-state index contributed by atoms with van der Waals surface area (Å²) in [6, 6.07) is 15.3. The Kier molecular flexibility index (Phi) is 4.20. The van der Waals surface area contributed by atoms with Gasteiger partial charge in [0.25, 0.3) is 0 Å². The van der Waals surface area contributed by atoms with E-state index in [0.717, 1.165) is 51.3 Å². The number of benzene rings is 2. The topological polar surface area (TPSA) is 89.1 Å². The summed E-state index contributed by atoms with van der Waals surface area (Å²) in [5.74, 6) is -0.461. The van der Waals surface area contributed by atoms with Crippen LogP contribution in [0.25, 0.3) is 21.8 Å². The largest absolute Gasteiger partial charge is 0.478 e. The summed E-state index contributed by atoms with van der Waals surface area (Å²) >= 11 is 0. The molecule has 4 aromatic rings. The molecule has 0 saturated carbocycles. The Balaban J connectivity index is 1.67. The summed E-state index contributed by atoms with van der Waals surface area (Å²) in [5.41, 5.74) is 11.2. The number of hydrogen-bond donors (Lipinski definition) is 2. The van der Waals surface area contributed by atoms with Crippen LogP contribution in [0.3, 0.4) is 0 Å². The quantitative estimate of drug-likeness (QED) is 0.535. The van der Waals surface area contributed by atoms with Crippen LogP contribution >= 0.6 is 0 Å². The number of para-hydroxylation sites is 1. The van der Waals surface area contributed by atoms with E-state index in [9.17, 15) is 4.79 Å². The van der Waals surface area contributed by atoms with Gasteiger partial charge in [0.1, 0.15) is 5.52 Å². The lowest BCUT2D eigenvalue weighted by Gasteiger charge is -2.09. The van der Waals surface area contributed by atoms with Crippen LogP contribution in [0.2, 0.25) is 0 Å². The van der Waals surface area contributed by atoms with Crippen molar-refractivity contribution in [2.75, 3.05) is 5.73 Å². The highest BCUT2D eigenvalue weighted by molar-refractivity contribution is 6.08. The van der Waals surface area contributed by atoms with Gasteiger partial charge in [-0.1, -0.05) is 24.3 Å². The number of fused-ring (bicyclic) bond motifs is 3. The number of nitrogens with zero attached hydrogens (tertiary/aromatic N) is 2. The molecular weight excluding hydrogens is 338 g/mol. The molecule has 2 aromatic carbocycles. The number of carboxylic acids is 1. The van der Waals surface area contributed by atoms with E-state index in [1.165, 1.54) is 0 Å². The number of nitrogens with two attached hydrogens (primary N) is 1. The number of pyridine rings is 2. The number of carbonyl (C=O) groups is 1. The summed E-state index contributed by atoms with van der Waals surface area (Å²) < 4.78 is 0. The van der Waals surface area contributed by atoms with E-state index in [4.69, 9.17) is 10.8 Å². The molecule has 0 atom stereocenters. The van der Waals surface area contributed by atoms with Crippen molar-refractivity contribution < 1.29 is 9.90 Å². The first-order valence-electron chi connectivity index (χ1n) is 8.78. The number of nitrogen functional groups attached to an aromatic ring is 1. The van der Waals surface area contributed by atoms with Crippen molar-refractivity contribution in [1.82, 2.24) is 9.97 Å². The Labute approximate surface area is 156 Å². The van der Waals surface area contributed by atoms with Gasteiger partial charge in [-0.15, -0.1) is 0 Å². The number of hydrogen-bond acceptors (Lipinski definition) is 4. The molecule has 0 unspecified atom stereocenters. The third-order valence-corrected chi connectivity index (χ3v) is 4.89. The summed E-state index contributed by atoms with van der Waals surface area (Å²) in [7, 11) is 0. The van der Waals surface area contributed by atoms with Crippen molar-refractivity contribution in [3.05, 3.63) is 77.0 Å². The highest BCUT2D eigenvalue weighted by Crippen LogP contribution is 2.27. The van der Waals surface area contributed by atoms with Crippen LogP contribution < -0.4 is 5.73 Å². The molecule has 0 spiro atoms. The Bertz CT molecular complexity index is 1180. The Hall–Kier alpha value is -3.47. The molecule has 0 aliphatic rings. The van der Waals surface area contributed by atoms with Crippen molar-refractivity contribution in [3.8, 4) is 0 Å². The second kappa shape index (κ2) is 6.68. The molecule has 27 heavy (non-hydrogen) atoms. The van der Waals surface area contributed by atoms with E-state index in [0.29, 0.717) is 11.4 Å². The molecular formula is C22H19N3O2. The van der Waals surface area contributed by atoms with E-state index in [2.05, 4.69) is 16.0 Å². The van der Waals surface area contributed by atoms with E-state index < -0.39 is 5.97 Å². The highest BCUT2D eigenvalue weighted by atomic mass is 16.4. The van der Waals surface area contributed by atoms with Crippen molar-refractivity contribution in [2.45, 2.75) is 19.8 Å². The monoisotopic (exact) mass is 357 g/mol. The standard InChI is InChI=1S/C22H19N3O2/c1-13-10-16(22(26)27)9-8-15(13)7-6-14-11-18-17-4-2-3-5-19(17)25-21(23)20(18)24-12-14/h2-5,8-12H,6-7H2,1H3,(H2,23,25)(H,26,27). The average Bonchev–Trinajstić information content (AvgIpc) is 2.67. The van der Waals surface area contributed by atoms with Gasteiger partial charge in [-0.25, -0.2) is 9.78 Å². The zero-order valence-electron chi connectivity index (χ0n) is 14.9. The average molecular weight is 357 g/mol. The lowest BCUT2D eigenvalue weighted by atomic mass is 9.98. The highest BCUT2D eigenvalue weighted by Gasteiger charge is 2.10. The van der Waals surface area contributed by atoms with Crippen LogP contribution in [0, 0.1) is 6.92 Å². The third-order valence-electron chi connectivity index (χ3n) is 4.89. The first-order valence-corrected chi connectivity index (χ1v) is 8.78. The molecule has 2 heterocycles. The van der Waals surface area contributed by atoms with Crippen LogP contribution in [0.1, 0.15) is 27.0 Å². The van der Waals surface area contributed by atoms with Crippen LogP contribution in [0.4, 0.5) is 5.82 Å². The Morgan fingerprint density at radius 1 is 1.07 bits per heavy atom. The number of rotatable bonds is 4. The Morgan fingerprint density at radius 2 is 1.89 bits per heavy atom. The zero-order chi connectivity index (χ0) is 19.0. The smallest absolute Gasteiger partial charge is 0.335 e. The van der Waals surface area contributed by atoms with Crippen molar-refractivity contribution >= 4 is 33.6 Å². The summed E-state index contributed by atoms with van der Waals surface area (Å²) in [5, 5.41) is 11.1. The fourth-order valence-corrected chi connectivity index (χ4v) is 3.42. The van der Waals surface area contributed by atoms with Gasteiger partial charge in [-0.2, -0.15) is 0 Å². The van der Waals surface area contributed by atoms with Gasteiger partial charge in [0, 0.05) is 17.0 Å². The lowest BCUT2D eigenvalue weighted by molar-refractivity contribution is 0.0696.